The predicted octanol–water partition coefficient (Wildman–Crippen LogP) is 2.24. The van der Waals surface area contributed by atoms with Crippen LogP contribution in [0.15, 0.2) is 42.7 Å². The number of urea groups is 1. The molecule has 0 unspecified atom stereocenters. The molecule has 0 spiro atoms. The molecule has 1 saturated heterocycles. The Morgan fingerprint density at radius 1 is 1.15 bits per heavy atom. The first kappa shape index (κ1) is 18.9. The fraction of sp³-hybridized carbons (Fsp3) is 0.450. The molecule has 2 aromatic rings. The van der Waals surface area contributed by atoms with Gasteiger partial charge in [-0.25, -0.2) is 14.8 Å². The highest BCUT2D eigenvalue weighted by Crippen LogP contribution is 2.19. The molecule has 0 radical (unpaired) electrons. The van der Waals surface area contributed by atoms with Crippen LogP contribution in [0.5, 0.6) is 5.75 Å². The van der Waals surface area contributed by atoms with E-state index in [4.69, 9.17) is 4.74 Å². The van der Waals surface area contributed by atoms with E-state index in [1.54, 1.807) is 19.5 Å². The molecular weight excluding hydrogens is 342 g/mol. The first-order valence-corrected chi connectivity index (χ1v) is 9.41. The quantitative estimate of drug-likeness (QED) is 0.782. The molecule has 0 aliphatic carbocycles. The Kier molecular flexibility index (Phi) is 6.84. The van der Waals surface area contributed by atoms with Gasteiger partial charge < -0.3 is 20.3 Å². The Labute approximate surface area is 160 Å². The zero-order chi connectivity index (χ0) is 18.9. The van der Waals surface area contributed by atoms with Crippen molar-refractivity contribution in [1.82, 2.24) is 20.6 Å². The molecule has 0 atom stereocenters. The number of carbonyl (C=O) groups is 1. The summed E-state index contributed by atoms with van der Waals surface area (Å²) in [5.41, 5.74) is 1.17. The van der Waals surface area contributed by atoms with Gasteiger partial charge in [-0.3, -0.25) is 0 Å². The van der Waals surface area contributed by atoms with Gasteiger partial charge in [0, 0.05) is 38.6 Å². The zero-order valence-corrected chi connectivity index (χ0v) is 15.7. The number of benzene rings is 1. The van der Waals surface area contributed by atoms with Gasteiger partial charge in [0.2, 0.25) is 5.95 Å². The molecule has 3 rings (SSSR count). The molecule has 27 heavy (non-hydrogen) atoms. The van der Waals surface area contributed by atoms with Crippen molar-refractivity contribution in [3.8, 4) is 5.75 Å². The van der Waals surface area contributed by atoms with Crippen LogP contribution in [0.25, 0.3) is 0 Å². The van der Waals surface area contributed by atoms with Gasteiger partial charge in [0.05, 0.1) is 7.11 Å². The summed E-state index contributed by atoms with van der Waals surface area (Å²) in [6.45, 7) is 3.17. The van der Waals surface area contributed by atoms with E-state index in [1.807, 2.05) is 30.3 Å². The molecule has 144 valence electrons. The molecule has 2 heterocycles. The summed E-state index contributed by atoms with van der Waals surface area (Å²) in [7, 11) is 1.65. The summed E-state index contributed by atoms with van der Waals surface area (Å²) < 4.78 is 5.14. The van der Waals surface area contributed by atoms with Crippen molar-refractivity contribution in [2.75, 3.05) is 38.2 Å². The lowest BCUT2D eigenvalue weighted by atomic mass is 9.97. The number of piperidine rings is 1. The summed E-state index contributed by atoms with van der Waals surface area (Å²) in [6, 6.07) is 9.63. The average molecular weight is 369 g/mol. The summed E-state index contributed by atoms with van der Waals surface area (Å²) in [6.07, 6.45) is 6.40. The molecule has 1 aliphatic heterocycles. The van der Waals surface area contributed by atoms with Gasteiger partial charge in [-0.2, -0.15) is 0 Å². The number of methoxy groups -OCH3 is 1. The van der Waals surface area contributed by atoms with Gasteiger partial charge in [0.25, 0.3) is 0 Å². The summed E-state index contributed by atoms with van der Waals surface area (Å²) >= 11 is 0. The first-order chi connectivity index (χ1) is 13.2. The molecule has 1 aliphatic rings. The molecule has 1 aromatic heterocycles. The Hall–Kier alpha value is -2.83. The van der Waals surface area contributed by atoms with E-state index in [9.17, 15) is 4.79 Å². The van der Waals surface area contributed by atoms with Gasteiger partial charge >= 0.3 is 6.03 Å². The fourth-order valence-corrected chi connectivity index (χ4v) is 3.20. The summed E-state index contributed by atoms with van der Waals surface area (Å²) in [5, 5.41) is 5.91. The SMILES string of the molecule is COc1ccc(CCNC(=O)NCC2CCN(c3ncccn3)CC2)cc1. The van der Waals surface area contributed by atoms with Gasteiger partial charge in [0.15, 0.2) is 0 Å². The van der Waals surface area contributed by atoms with Crippen LogP contribution in [0, 0.1) is 5.92 Å². The number of ether oxygens (including phenoxy) is 1. The number of nitrogens with zero attached hydrogens (tertiary/aromatic N) is 3. The van der Waals surface area contributed by atoms with Crippen LogP contribution in [0.3, 0.4) is 0 Å². The average Bonchev–Trinajstić information content (AvgIpc) is 2.74. The van der Waals surface area contributed by atoms with Crippen LogP contribution in [-0.2, 0) is 6.42 Å². The van der Waals surface area contributed by atoms with Crippen LogP contribution >= 0.6 is 0 Å². The van der Waals surface area contributed by atoms with Crippen molar-refractivity contribution in [2.24, 2.45) is 5.92 Å². The largest absolute Gasteiger partial charge is 0.497 e. The van der Waals surface area contributed by atoms with Crippen molar-refractivity contribution in [2.45, 2.75) is 19.3 Å². The van der Waals surface area contributed by atoms with E-state index in [1.165, 1.54) is 5.56 Å². The zero-order valence-electron chi connectivity index (χ0n) is 15.7. The molecule has 7 nitrogen and oxygen atoms in total. The van der Waals surface area contributed by atoms with Crippen LogP contribution in [0.1, 0.15) is 18.4 Å². The van der Waals surface area contributed by atoms with E-state index in [0.717, 1.165) is 44.0 Å². The third-order valence-corrected chi connectivity index (χ3v) is 4.86. The molecule has 2 amide bonds. The maximum atomic E-state index is 12.0. The topological polar surface area (TPSA) is 79.4 Å². The van der Waals surface area contributed by atoms with Gasteiger partial charge in [0.1, 0.15) is 5.75 Å². The highest BCUT2D eigenvalue weighted by atomic mass is 16.5. The second-order valence-corrected chi connectivity index (χ2v) is 6.71. The standard InChI is InChI=1S/C20H27N5O2/c1-27-18-5-3-16(4-6-18)7-12-23-20(26)24-15-17-8-13-25(14-9-17)19-21-10-2-11-22-19/h2-6,10-11,17H,7-9,12-15H2,1H3,(H2,23,24,26). The predicted molar refractivity (Wildman–Crippen MR) is 105 cm³/mol. The lowest BCUT2D eigenvalue weighted by molar-refractivity contribution is 0.237. The minimum absolute atomic E-state index is 0.0997. The first-order valence-electron chi connectivity index (χ1n) is 9.41. The minimum atomic E-state index is -0.0997. The van der Waals surface area contributed by atoms with Crippen LogP contribution in [0.4, 0.5) is 10.7 Å². The summed E-state index contributed by atoms with van der Waals surface area (Å²) in [4.78, 5) is 22.8. The lowest BCUT2D eigenvalue weighted by Crippen LogP contribution is -2.42. The number of hydrogen-bond donors (Lipinski definition) is 2. The van der Waals surface area contributed by atoms with Crippen LogP contribution in [-0.4, -0.2) is 49.3 Å². The third kappa shape index (κ3) is 5.84. The summed E-state index contributed by atoms with van der Waals surface area (Å²) in [5.74, 6) is 2.13. The highest BCUT2D eigenvalue weighted by Gasteiger charge is 2.21. The van der Waals surface area contributed by atoms with Crippen molar-refractivity contribution >= 4 is 12.0 Å². The van der Waals surface area contributed by atoms with E-state index in [2.05, 4.69) is 25.5 Å². The van der Waals surface area contributed by atoms with Crippen LogP contribution < -0.4 is 20.3 Å². The molecule has 1 aromatic carbocycles. The van der Waals surface area contributed by atoms with E-state index >= 15 is 0 Å². The maximum Gasteiger partial charge on any atom is 0.314 e. The molecule has 0 saturated carbocycles. The number of nitrogens with one attached hydrogen (secondary N) is 2. The molecule has 7 heteroatoms. The third-order valence-electron chi connectivity index (χ3n) is 4.86. The monoisotopic (exact) mass is 369 g/mol. The Bertz CT molecular complexity index is 700. The lowest BCUT2D eigenvalue weighted by Gasteiger charge is -2.31. The van der Waals surface area contributed by atoms with Crippen molar-refractivity contribution in [3.05, 3.63) is 48.3 Å². The molecule has 2 N–H and O–H groups in total. The number of rotatable bonds is 7. The van der Waals surface area contributed by atoms with Crippen molar-refractivity contribution in [1.29, 1.82) is 0 Å². The number of carbonyl (C=O) groups excluding carboxylic acids is 1. The number of aromatic nitrogens is 2. The van der Waals surface area contributed by atoms with E-state index < -0.39 is 0 Å². The highest BCUT2D eigenvalue weighted by molar-refractivity contribution is 5.73. The fourth-order valence-electron chi connectivity index (χ4n) is 3.20. The second-order valence-electron chi connectivity index (χ2n) is 6.71. The van der Waals surface area contributed by atoms with Crippen LogP contribution in [0.2, 0.25) is 0 Å². The molecular formula is C20H27N5O2. The number of hydrogen-bond acceptors (Lipinski definition) is 5. The van der Waals surface area contributed by atoms with Crippen molar-refractivity contribution < 1.29 is 9.53 Å². The molecule has 0 bridgehead atoms. The number of anilines is 1. The van der Waals surface area contributed by atoms with Crippen molar-refractivity contribution in [3.63, 3.8) is 0 Å². The maximum absolute atomic E-state index is 12.0. The van der Waals surface area contributed by atoms with E-state index in [-0.39, 0.29) is 6.03 Å². The van der Waals surface area contributed by atoms with Gasteiger partial charge in [-0.1, -0.05) is 12.1 Å². The molecule has 1 fully saturated rings. The minimum Gasteiger partial charge on any atom is -0.497 e. The van der Waals surface area contributed by atoms with Gasteiger partial charge in [-0.15, -0.1) is 0 Å². The van der Waals surface area contributed by atoms with Gasteiger partial charge in [-0.05, 0) is 48.9 Å². The smallest absolute Gasteiger partial charge is 0.314 e. The Morgan fingerprint density at radius 3 is 2.52 bits per heavy atom. The second kappa shape index (κ2) is 9.75. The van der Waals surface area contributed by atoms with E-state index in [0.29, 0.717) is 19.0 Å². The number of amides is 2. The Morgan fingerprint density at radius 2 is 1.85 bits per heavy atom. The normalized spacial score (nSPS) is 14.6. The Balaban J connectivity index is 1.30.